The third-order valence-electron chi connectivity index (χ3n) is 3.13. The van der Waals surface area contributed by atoms with Crippen molar-refractivity contribution in [1.29, 1.82) is 0 Å². The molecule has 1 aromatic rings. The van der Waals surface area contributed by atoms with Gasteiger partial charge in [0.05, 0.1) is 6.04 Å². The van der Waals surface area contributed by atoms with Crippen LogP contribution in [0.25, 0.3) is 0 Å². The summed E-state index contributed by atoms with van der Waals surface area (Å²) in [6, 6.07) is 6.20. The number of aliphatic hydroxyl groups excluding tert-OH is 1. The Morgan fingerprint density at radius 1 is 1.39 bits per heavy atom. The summed E-state index contributed by atoms with van der Waals surface area (Å²) in [4.78, 5) is 13.4. The second-order valence-corrected chi connectivity index (χ2v) is 4.38. The second-order valence-electron chi connectivity index (χ2n) is 4.38. The molecule has 1 atom stereocenters. The summed E-state index contributed by atoms with van der Waals surface area (Å²) in [5.41, 5.74) is 0.524. The summed E-state index contributed by atoms with van der Waals surface area (Å²) in [5, 5.41) is 8.67. The number of hydrogen-bond acceptors (Lipinski definition) is 2. The van der Waals surface area contributed by atoms with Crippen molar-refractivity contribution in [2.45, 2.75) is 32.2 Å². The highest BCUT2D eigenvalue weighted by Gasteiger charge is 2.19. The Labute approximate surface area is 107 Å². The number of nitrogens with zero attached hydrogens (tertiary/aromatic N) is 1. The van der Waals surface area contributed by atoms with Gasteiger partial charge in [0.2, 0.25) is 5.91 Å². The van der Waals surface area contributed by atoms with Gasteiger partial charge in [-0.25, -0.2) is 4.39 Å². The van der Waals surface area contributed by atoms with Gasteiger partial charge in [0.1, 0.15) is 5.82 Å². The van der Waals surface area contributed by atoms with Crippen molar-refractivity contribution in [2.75, 3.05) is 13.7 Å². The van der Waals surface area contributed by atoms with E-state index in [-0.39, 0.29) is 24.4 Å². The SMILES string of the molecule is CC(c1ccccc1F)N(C)C(=O)CCCCO. The lowest BCUT2D eigenvalue weighted by molar-refractivity contribution is -0.132. The lowest BCUT2D eigenvalue weighted by Crippen LogP contribution is -2.29. The molecule has 100 valence electrons. The molecular formula is C14H20FNO2. The zero-order chi connectivity index (χ0) is 13.5. The van der Waals surface area contributed by atoms with Gasteiger partial charge in [-0.1, -0.05) is 18.2 Å². The molecule has 0 aliphatic heterocycles. The monoisotopic (exact) mass is 253 g/mol. The van der Waals surface area contributed by atoms with E-state index in [1.807, 2.05) is 6.92 Å². The molecule has 0 saturated heterocycles. The minimum atomic E-state index is -0.292. The minimum absolute atomic E-state index is 0.0285. The van der Waals surface area contributed by atoms with Gasteiger partial charge in [0.15, 0.2) is 0 Å². The average Bonchev–Trinajstić information content (AvgIpc) is 2.38. The van der Waals surface area contributed by atoms with Crippen molar-refractivity contribution in [3.63, 3.8) is 0 Å². The van der Waals surface area contributed by atoms with Crippen molar-refractivity contribution in [3.05, 3.63) is 35.6 Å². The van der Waals surface area contributed by atoms with E-state index in [0.29, 0.717) is 24.8 Å². The smallest absolute Gasteiger partial charge is 0.222 e. The molecule has 18 heavy (non-hydrogen) atoms. The predicted molar refractivity (Wildman–Crippen MR) is 68.5 cm³/mol. The van der Waals surface area contributed by atoms with Gasteiger partial charge >= 0.3 is 0 Å². The van der Waals surface area contributed by atoms with E-state index in [9.17, 15) is 9.18 Å². The molecule has 0 saturated carbocycles. The maximum absolute atomic E-state index is 13.6. The zero-order valence-corrected chi connectivity index (χ0v) is 10.9. The maximum Gasteiger partial charge on any atom is 0.222 e. The van der Waals surface area contributed by atoms with E-state index in [4.69, 9.17) is 5.11 Å². The predicted octanol–water partition coefficient (Wildman–Crippen LogP) is 2.51. The first kappa shape index (κ1) is 14.6. The molecule has 0 aliphatic rings. The van der Waals surface area contributed by atoms with Gasteiger partial charge in [0.25, 0.3) is 0 Å². The van der Waals surface area contributed by atoms with Crippen LogP contribution in [0.15, 0.2) is 24.3 Å². The molecule has 4 heteroatoms. The van der Waals surface area contributed by atoms with Crippen LogP contribution in [-0.4, -0.2) is 29.6 Å². The molecular weight excluding hydrogens is 233 g/mol. The van der Waals surface area contributed by atoms with Gasteiger partial charge in [-0.2, -0.15) is 0 Å². The van der Waals surface area contributed by atoms with Gasteiger partial charge in [-0.15, -0.1) is 0 Å². The Morgan fingerprint density at radius 3 is 2.67 bits per heavy atom. The number of aliphatic hydroxyl groups is 1. The zero-order valence-electron chi connectivity index (χ0n) is 10.9. The standard InChI is InChI=1S/C14H20FNO2/c1-11(12-7-3-4-8-13(12)15)16(2)14(18)9-5-6-10-17/h3-4,7-8,11,17H,5-6,9-10H2,1-2H3. The van der Waals surface area contributed by atoms with E-state index in [1.165, 1.54) is 6.07 Å². The summed E-state index contributed by atoms with van der Waals surface area (Å²) in [6.07, 6.45) is 1.66. The Bertz CT molecular complexity index is 395. The first-order valence-corrected chi connectivity index (χ1v) is 6.19. The van der Waals surface area contributed by atoms with E-state index in [0.717, 1.165) is 0 Å². The van der Waals surface area contributed by atoms with Gasteiger partial charge < -0.3 is 10.0 Å². The molecule has 1 amide bonds. The third kappa shape index (κ3) is 3.81. The van der Waals surface area contributed by atoms with Crippen LogP contribution < -0.4 is 0 Å². The van der Waals surface area contributed by atoms with Crippen LogP contribution in [0.4, 0.5) is 4.39 Å². The van der Waals surface area contributed by atoms with E-state index in [1.54, 1.807) is 30.1 Å². The summed E-state index contributed by atoms with van der Waals surface area (Å²) < 4.78 is 13.6. The molecule has 0 radical (unpaired) electrons. The second kappa shape index (κ2) is 7.11. The van der Waals surface area contributed by atoms with Crippen LogP contribution in [0.5, 0.6) is 0 Å². The first-order valence-electron chi connectivity index (χ1n) is 6.19. The minimum Gasteiger partial charge on any atom is -0.396 e. The van der Waals surface area contributed by atoms with Gasteiger partial charge in [-0.05, 0) is 25.8 Å². The lowest BCUT2D eigenvalue weighted by atomic mass is 10.1. The van der Waals surface area contributed by atoms with Crippen LogP contribution in [0.1, 0.15) is 37.8 Å². The van der Waals surface area contributed by atoms with Crippen molar-refractivity contribution in [1.82, 2.24) is 4.90 Å². The fourth-order valence-corrected chi connectivity index (χ4v) is 1.80. The fourth-order valence-electron chi connectivity index (χ4n) is 1.80. The van der Waals surface area contributed by atoms with Crippen LogP contribution in [0.2, 0.25) is 0 Å². The summed E-state index contributed by atoms with van der Waals surface area (Å²) in [5.74, 6) is -0.320. The summed E-state index contributed by atoms with van der Waals surface area (Å²) >= 11 is 0. The molecule has 0 aromatic heterocycles. The number of rotatable bonds is 6. The largest absolute Gasteiger partial charge is 0.396 e. The molecule has 0 bridgehead atoms. The first-order chi connectivity index (χ1) is 8.57. The van der Waals surface area contributed by atoms with Crippen molar-refractivity contribution in [3.8, 4) is 0 Å². The molecule has 0 aliphatic carbocycles. The average molecular weight is 253 g/mol. The number of unbranched alkanes of at least 4 members (excludes halogenated alkanes) is 1. The molecule has 3 nitrogen and oxygen atoms in total. The number of halogens is 1. The number of hydrogen-bond donors (Lipinski definition) is 1. The number of carbonyl (C=O) groups excluding carboxylic acids is 1. The highest BCUT2D eigenvalue weighted by atomic mass is 19.1. The van der Waals surface area contributed by atoms with Crippen LogP contribution >= 0.6 is 0 Å². The van der Waals surface area contributed by atoms with Crippen molar-refractivity contribution in [2.24, 2.45) is 0 Å². The summed E-state index contributed by atoms with van der Waals surface area (Å²) in [7, 11) is 1.68. The molecule has 1 rings (SSSR count). The lowest BCUT2D eigenvalue weighted by Gasteiger charge is -2.25. The number of benzene rings is 1. The third-order valence-corrected chi connectivity index (χ3v) is 3.13. The highest BCUT2D eigenvalue weighted by Crippen LogP contribution is 2.22. The van der Waals surface area contributed by atoms with Gasteiger partial charge in [-0.3, -0.25) is 4.79 Å². The van der Waals surface area contributed by atoms with Crippen molar-refractivity contribution >= 4 is 5.91 Å². The Kier molecular flexibility index (Phi) is 5.78. The topological polar surface area (TPSA) is 40.5 Å². The van der Waals surface area contributed by atoms with Crippen LogP contribution in [0.3, 0.4) is 0 Å². The molecule has 1 aromatic carbocycles. The Hall–Kier alpha value is -1.42. The van der Waals surface area contributed by atoms with E-state index in [2.05, 4.69) is 0 Å². The Balaban J connectivity index is 2.63. The molecule has 1 unspecified atom stereocenters. The molecule has 0 spiro atoms. The van der Waals surface area contributed by atoms with Gasteiger partial charge in [0, 0.05) is 25.6 Å². The molecule has 0 heterocycles. The van der Waals surface area contributed by atoms with E-state index < -0.39 is 0 Å². The van der Waals surface area contributed by atoms with Crippen molar-refractivity contribution < 1.29 is 14.3 Å². The van der Waals surface area contributed by atoms with Crippen LogP contribution in [-0.2, 0) is 4.79 Å². The number of amides is 1. The Morgan fingerprint density at radius 2 is 2.06 bits per heavy atom. The van der Waals surface area contributed by atoms with E-state index >= 15 is 0 Å². The highest BCUT2D eigenvalue weighted by molar-refractivity contribution is 5.76. The maximum atomic E-state index is 13.6. The molecule has 0 fully saturated rings. The fraction of sp³-hybridized carbons (Fsp3) is 0.500. The normalized spacial score (nSPS) is 12.2. The summed E-state index contributed by atoms with van der Waals surface area (Å²) in [6.45, 7) is 1.90. The molecule has 1 N–H and O–H groups in total. The quantitative estimate of drug-likeness (QED) is 0.791. The number of carbonyl (C=O) groups is 1. The van der Waals surface area contributed by atoms with Crippen LogP contribution in [0, 0.1) is 5.82 Å².